The van der Waals surface area contributed by atoms with Crippen LogP contribution in [0.4, 0.5) is 9.18 Å². The number of aromatic nitrogens is 2. The minimum Gasteiger partial charge on any atom is -0.491 e. The molecule has 1 aromatic heterocycles. The first-order valence-corrected chi connectivity index (χ1v) is 12.0. The van der Waals surface area contributed by atoms with Crippen molar-refractivity contribution >= 4 is 6.09 Å². The molecule has 35 heavy (non-hydrogen) atoms. The molecule has 10 heteroatoms. The lowest BCUT2D eigenvalue weighted by Crippen LogP contribution is -2.42. The van der Waals surface area contributed by atoms with Gasteiger partial charge in [-0.3, -0.25) is 0 Å². The van der Waals surface area contributed by atoms with Crippen LogP contribution in [-0.4, -0.2) is 65.6 Å². The van der Waals surface area contributed by atoms with E-state index in [1.54, 1.807) is 17.9 Å². The molecule has 190 valence electrons. The average molecular weight is 490 g/mol. The van der Waals surface area contributed by atoms with Gasteiger partial charge in [0.1, 0.15) is 24.8 Å². The molecule has 2 aromatic rings. The van der Waals surface area contributed by atoms with Crippen LogP contribution in [0.1, 0.15) is 45.1 Å². The minimum absolute atomic E-state index is 0.0244. The SMILES string of the molecule is Cc1c(Oc2ccc(OCCOC3CC3)cc2F)ncnc1OC1CCN(C(=O)OC(C)C)CC1. The maximum absolute atomic E-state index is 14.6. The van der Waals surface area contributed by atoms with Crippen LogP contribution in [0.15, 0.2) is 24.5 Å². The number of rotatable bonds is 10. The predicted octanol–water partition coefficient (Wildman–Crippen LogP) is 4.66. The summed E-state index contributed by atoms with van der Waals surface area (Å²) in [5.41, 5.74) is 0.561. The number of benzene rings is 1. The van der Waals surface area contributed by atoms with Gasteiger partial charge in [0.25, 0.3) is 0 Å². The standard InChI is InChI=1S/C25H32FN3O6/c1-16(2)33-25(30)29-10-8-19(9-11-29)34-23-17(3)24(28-15-27-23)35-22-7-6-20(14-21(22)26)32-13-12-31-18-4-5-18/h6-7,14-16,18-19H,4-5,8-13H2,1-3H3. The van der Waals surface area contributed by atoms with Gasteiger partial charge < -0.3 is 28.6 Å². The zero-order chi connectivity index (χ0) is 24.8. The van der Waals surface area contributed by atoms with Gasteiger partial charge in [0.15, 0.2) is 11.6 Å². The normalized spacial score (nSPS) is 16.3. The van der Waals surface area contributed by atoms with Crippen LogP contribution in [0.5, 0.6) is 23.3 Å². The van der Waals surface area contributed by atoms with Crippen LogP contribution in [0.3, 0.4) is 0 Å². The number of ether oxygens (including phenoxy) is 5. The fraction of sp³-hybridized carbons (Fsp3) is 0.560. The zero-order valence-corrected chi connectivity index (χ0v) is 20.4. The number of hydrogen-bond acceptors (Lipinski definition) is 8. The maximum Gasteiger partial charge on any atom is 0.410 e. The van der Waals surface area contributed by atoms with E-state index in [0.717, 1.165) is 12.8 Å². The average Bonchev–Trinajstić information content (AvgIpc) is 3.65. The van der Waals surface area contributed by atoms with Crippen LogP contribution in [0, 0.1) is 12.7 Å². The second-order valence-corrected chi connectivity index (χ2v) is 8.96. The van der Waals surface area contributed by atoms with Gasteiger partial charge in [-0.2, -0.15) is 0 Å². The first-order valence-electron chi connectivity index (χ1n) is 12.0. The molecule has 1 aromatic carbocycles. The van der Waals surface area contributed by atoms with Crippen molar-refractivity contribution < 1.29 is 32.9 Å². The van der Waals surface area contributed by atoms with E-state index in [1.165, 1.54) is 18.5 Å². The van der Waals surface area contributed by atoms with Crippen molar-refractivity contribution in [3.05, 3.63) is 35.9 Å². The maximum atomic E-state index is 14.6. The Morgan fingerprint density at radius 3 is 2.51 bits per heavy atom. The van der Waals surface area contributed by atoms with Crippen molar-refractivity contribution in [1.29, 1.82) is 0 Å². The summed E-state index contributed by atoms with van der Waals surface area (Å²) >= 11 is 0. The summed E-state index contributed by atoms with van der Waals surface area (Å²) in [6.45, 7) is 7.33. The van der Waals surface area contributed by atoms with Crippen molar-refractivity contribution in [2.75, 3.05) is 26.3 Å². The Kier molecular flexibility index (Phi) is 8.22. The lowest BCUT2D eigenvalue weighted by atomic mass is 10.1. The van der Waals surface area contributed by atoms with Gasteiger partial charge in [-0.25, -0.2) is 19.2 Å². The van der Waals surface area contributed by atoms with Crippen LogP contribution in [0.2, 0.25) is 0 Å². The van der Waals surface area contributed by atoms with E-state index in [2.05, 4.69) is 9.97 Å². The third-order valence-electron chi connectivity index (χ3n) is 5.65. The third-order valence-corrected chi connectivity index (χ3v) is 5.65. The summed E-state index contributed by atoms with van der Waals surface area (Å²) in [5, 5.41) is 0. The fourth-order valence-corrected chi connectivity index (χ4v) is 3.60. The Morgan fingerprint density at radius 1 is 1.09 bits per heavy atom. The van der Waals surface area contributed by atoms with Gasteiger partial charge in [0.2, 0.25) is 11.8 Å². The minimum atomic E-state index is -0.563. The summed E-state index contributed by atoms with van der Waals surface area (Å²) in [4.78, 5) is 22.1. The highest BCUT2D eigenvalue weighted by Gasteiger charge is 2.26. The molecule has 2 heterocycles. The van der Waals surface area contributed by atoms with Gasteiger partial charge in [0.05, 0.1) is 24.4 Å². The van der Waals surface area contributed by atoms with E-state index < -0.39 is 5.82 Å². The molecule has 1 aliphatic carbocycles. The largest absolute Gasteiger partial charge is 0.491 e. The van der Waals surface area contributed by atoms with Gasteiger partial charge in [-0.15, -0.1) is 0 Å². The van der Waals surface area contributed by atoms with E-state index in [-0.39, 0.29) is 29.9 Å². The van der Waals surface area contributed by atoms with Gasteiger partial charge >= 0.3 is 6.09 Å². The number of carbonyl (C=O) groups is 1. The van der Waals surface area contributed by atoms with Gasteiger partial charge in [-0.05, 0) is 45.7 Å². The highest BCUT2D eigenvalue weighted by Crippen LogP contribution is 2.32. The molecule has 1 amide bonds. The van der Waals surface area contributed by atoms with E-state index in [4.69, 9.17) is 23.7 Å². The topological polar surface area (TPSA) is 92.2 Å². The van der Waals surface area contributed by atoms with Crippen molar-refractivity contribution in [1.82, 2.24) is 14.9 Å². The summed E-state index contributed by atoms with van der Waals surface area (Å²) in [5.74, 6) is 0.442. The number of halogens is 1. The molecule has 0 bridgehead atoms. The molecule has 1 aliphatic heterocycles. The molecule has 9 nitrogen and oxygen atoms in total. The Bertz CT molecular complexity index is 1010. The molecule has 1 saturated heterocycles. The number of amides is 1. The molecule has 0 radical (unpaired) electrons. The van der Waals surface area contributed by atoms with E-state index in [0.29, 0.717) is 62.4 Å². The monoisotopic (exact) mass is 489 g/mol. The highest BCUT2D eigenvalue weighted by molar-refractivity contribution is 5.67. The number of carbonyl (C=O) groups excluding carboxylic acids is 1. The number of hydrogen-bond donors (Lipinski definition) is 0. The molecule has 2 fully saturated rings. The van der Waals surface area contributed by atoms with Crippen molar-refractivity contribution in [2.24, 2.45) is 0 Å². The van der Waals surface area contributed by atoms with Crippen LogP contribution in [0.25, 0.3) is 0 Å². The highest BCUT2D eigenvalue weighted by atomic mass is 19.1. The van der Waals surface area contributed by atoms with Crippen molar-refractivity contribution in [3.63, 3.8) is 0 Å². The summed E-state index contributed by atoms with van der Waals surface area (Å²) < 4.78 is 42.7. The van der Waals surface area contributed by atoms with Crippen LogP contribution >= 0.6 is 0 Å². The molecule has 0 unspecified atom stereocenters. The molecule has 0 spiro atoms. The Labute approximate surface area is 204 Å². The number of nitrogens with zero attached hydrogens (tertiary/aromatic N) is 3. The quantitative estimate of drug-likeness (QED) is 0.445. The first kappa shape index (κ1) is 25.0. The summed E-state index contributed by atoms with van der Waals surface area (Å²) in [6, 6.07) is 4.42. The predicted molar refractivity (Wildman–Crippen MR) is 125 cm³/mol. The first-order chi connectivity index (χ1) is 16.9. The van der Waals surface area contributed by atoms with Gasteiger partial charge in [-0.1, -0.05) is 0 Å². The smallest absolute Gasteiger partial charge is 0.410 e. The lowest BCUT2D eigenvalue weighted by molar-refractivity contribution is 0.0505. The summed E-state index contributed by atoms with van der Waals surface area (Å²) in [7, 11) is 0. The van der Waals surface area contributed by atoms with Gasteiger partial charge in [0, 0.05) is 32.0 Å². The lowest BCUT2D eigenvalue weighted by Gasteiger charge is -2.31. The molecular formula is C25H32FN3O6. The molecule has 1 saturated carbocycles. The number of piperidine rings is 1. The zero-order valence-electron chi connectivity index (χ0n) is 20.4. The van der Waals surface area contributed by atoms with Crippen molar-refractivity contribution in [3.8, 4) is 23.3 Å². The summed E-state index contributed by atoms with van der Waals surface area (Å²) in [6.07, 6.45) is 4.60. The van der Waals surface area contributed by atoms with Crippen molar-refractivity contribution in [2.45, 2.75) is 64.8 Å². The van der Waals surface area contributed by atoms with Crippen LogP contribution in [-0.2, 0) is 9.47 Å². The van der Waals surface area contributed by atoms with E-state index in [1.807, 2.05) is 13.8 Å². The Hall–Kier alpha value is -3.14. The second kappa shape index (κ2) is 11.5. The third kappa shape index (κ3) is 7.17. The molecule has 2 aliphatic rings. The Morgan fingerprint density at radius 2 is 1.83 bits per heavy atom. The van der Waals surface area contributed by atoms with E-state index >= 15 is 0 Å². The fourth-order valence-electron chi connectivity index (χ4n) is 3.60. The Balaban J connectivity index is 1.30. The molecule has 4 rings (SSSR count). The molecule has 0 atom stereocenters. The van der Waals surface area contributed by atoms with Crippen LogP contribution < -0.4 is 14.2 Å². The second-order valence-electron chi connectivity index (χ2n) is 8.96. The molecule has 0 N–H and O–H groups in total. The van der Waals surface area contributed by atoms with E-state index in [9.17, 15) is 9.18 Å². The molecular weight excluding hydrogens is 457 g/mol. The number of likely N-dealkylation sites (tertiary alicyclic amines) is 1.